The van der Waals surface area contributed by atoms with Crippen LogP contribution in [0, 0.1) is 6.92 Å². The van der Waals surface area contributed by atoms with Crippen LogP contribution in [0.25, 0.3) is 11.4 Å². The van der Waals surface area contributed by atoms with E-state index in [4.69, 9.17) is 20.9 Å². The molecule has 150 valence electrons. The topological polar surface area (TPSA) is 106 Å². The summed E-state index contributed by atoms with van der Waals surface area (Å²) in [6.45, 7) is 2.29. The van der Waals surface area contributed by atoms with Crippen molar-refractivity contribution in [1.82, 2.24) is 20.8 Å². The number of nitrogens with zero attached hydrogens (tertiary/aromatic N) is 2. The van der Waals surface area contributed by atoms with E-state index < -0.39 is 5.91 Å². The predicted octanol–water partition coefficient (Wildman–Crippen LogP) is 2.62. The lowest BCUT2D eigenvalue weighted by Gasteiger charge is -2.08. The number of halogens is 1. The molecule has 9 heteroatoms. The molecule has 0 fully saturated rings. The van der Waals surface area contributed by atoms with E-state index in [0.29, 0.717) is 16.3 Å². The molecule has 0 spiro atoms. The van der Waals surface area contributed by atoms with E-state index in [9.17, 15) is 9.59 Å². The second-order valence-corrected chi connectivity index (χ2v) is 6.58. The van der Waals surface area contributed by atoms with Gasteiger partial charge in [0, 0.05) is 23.7 Å². The zero-order chi connectivity index (χ0) is 20.6. The summed E-state index contributed by atoms with van der Waals surface area (Å²) in [5.41, 5.74) is 1.75. The van der Waals surface area contributed by atoms with Gasteiger partial charge in [-0.15, -0.1) is 0 Å². The Labute approximate surface area is 172 Å². The largest absolute Gasteiger partial charge is 0.484 e. The first-order chi connectivity index (χ1) is 14.0. The highest BCUT2D eigenvalue weighted by Crippen LogP contribution is 2.19. The number of aromatic nitrogens is 2. The van der Waals surface area contributed by atoms with E-state index in [1.165, 1.54) is 0 Å². The highest BCUT2D eigenvalue weighted by atomic mass is 35.5. The van der Waals surface area contributed by atoms with E-state index in [1.807, 2.05) is 19.1 Å². The van der Waals surface area contributed by atoms with Gasteiger partial charge in [-0.1, -0.05) is 46.6 Å². The zero-order valence-corrected chi connectivity index (χ0v) is 16.4. The summed E-state index contributed by atoms with van der Waals surface area (Å²) in [6.07, 6.45) is 0. The van der Waals surface area contributed by atoms with Crippen LogP contribution < -0.4 is 15.4 Å². The van der Waals surface area contributed by atoms with Crippen LogP contribution in [0.3, 0.4) is 0 Å². The summed E-state index contributed by atoms with van der Waals surface area (Å²) in [4.78, 5) is 27.9. The third-order valence-electron chi connectivity index (χ3n) is 3.83. The van der Waals surface area contributed by atoms with Crippen LogP contribution in [-0.2, 0) is 4.79 Å². The van der Waals surface area contributed by atoms with Gasteiger partial charge in [-0.05, 0) is 31.2 Å². The normalized spacial score (nSPS) is 10.4. The number of carbonyl (C=O) groups excluding carboxylic acids is 2. The minimum atomic E-state index is -0.532. The van der Waals surface area contributed by atoms with Crippen molar-refractivity contribution in [2.75, 3.05) is 19.7 Å². The third-order valence-corrected chi connectivity index (χ3v) is 4.06. The van der Waals surface area contributed by atoms with Gasteiger partial charge in [0.25, 0.3) is 5.91 Å². The highest BCUT2D eigenvalue weighted by molar-refractivity contribution is 6.30. The van der Waals surface area contributed by atoms with Gasteiger partial charge in [0.15, 0.2) is 6.61 Å². The molecule has 0 radical (unpaired) electrons. The fraction of sp³-hybridized carbons (Fsp3) is 0.200. The number of rotatable bonds is 8. The van der Waals surface area contributed by atoms with Gasteiger partial charge in [0.1, 0.15) is 5.75 Å². The Morgan fingerprint density at radius 3 is 2.62 bits per heavy atom. The molecule has 0 atom stereocenters. The molecular formula is C20H19ClN4O4. The van der Waals surface area contributed by atoms with Crippen molar-refractivity contribution in [3.63, 3.8) is 0 Å². The second-order valence-electron chi connectivity index (χ2n) is 6.14. The van der Waals surface area contributed by atoms with Gasteiger partial charge >= 0.3 is 11.8 Å². The number of hydrogen-bond acceptors (Lipinski definition) is 6. The molecule has 0 bridgehead atoms. The van der Waals surface area contributed by atoms with E-state index in [2.05, 4.69) is 20.8 Å². The number of nitrogens with one attached hydrogen (secondary N) is 2. The van der Waals surface area contributed by atoms with E-state index >= 15 is 0 Å². The van der Waals surface area contributed by atoms with Crippen molar-refractivity contribution < 1.29 is 18.8 Å². The van der Waals surface area contributed by atoms with Crippen molar-refractivity contribution in [1.29, 1.82) is 0 Å². The summed E-state index contributed by atoms with van der Waals surface area (Å²) >= 11 is 5.93. The van der Waals surface area contributed by atoms with Crippen molar-refractivity contribution in [2.24, 2.45) is 0 Å². The number of carbonyl (C=O) groups is 2. The van der Waals surface area contributed by atoms with Gasteiger partial charge < -0.3 is 19.9 Å². The molecule has 1 aromatic heterocycles. The lowest BCUT2D eigenvalue weighted by Crippen LogP contribution is -2.36. The van der Waals surface area contributed by atoms with Crippen LogP contribution in [0.2, 0.25) is 5.02 Å². The Hall–Kier alpha value is -3.39. The summed E-state index contributed by atoms with van der Waals surface area (Å²) in [5.74, 6) is -0.115. The molecule has 3 rings (SSSR count). The predicted molar refractivity (Wildman–Crippen MR) is 107 cm³/mol. The molecule has 0 saturated heterocycles. The third kappa shape index (κ3) is 6.05. The molecule has 2 aromatic carbocycles. The maximum absolute atomic E-state index is 12.1. The smallest absolute Gasteiger partial charge is 0.316 e. The van der Waals surface area contributed by atoms with Gasteiger partial charge in [-0.2, -0.15) is 4.98 Å². The lowest BCUT2D eigenvalue weighted by molar-refractivity contribution is -0.123. The molecule has 0 aliphatic carbocycles. The van der Waals surface area contributed by atoms with E-state index in [1.54, 1.807) is 36.4 Å². The maximum Gasteiger partial charge on any atom is 0.316 e. The first kappa shape index (κ1) is 20.3. The molecule has 1 heterocycles. The lowest BCUT2D eigenvalue weighted by atomic mass is 10.2. The second kappa shape index (κ2) is 9.70. The average Bonchev–Trinajstić information content (AvgIpc) is 3.21. The molecule has 0 saturated carbocycles. The van der Waals surface area contributed by atoms with E-state index in [0.717, 1.165) is 5.56 Å². The molecular weight excluding hydrogens is 396 g/mol. The van der Waals surface area contributed by atoms with Crippen molar-refractivity contribution >= 4 is 23.4 Å². The molecule has 3 aromatic rings. The summed E-state index contributed by atoms with van der Waals surface area (Å²) in [7, 11) is 0. The van der Waals surface area contributed by atoms with Crippen LogP contribution in [0.5, 0.6) is 5.75 Å². The summed E-state index contributed by atoms with van der Waals surface area (Å²) in [5, 5.41) is 9.54. The molecule has 0 unspecified atom stereocenters. The van der Waals surface area contributed by atoms with Crippen molar-refractivity contribution in [2.45, 2.75) is 6.92 Å². The van der Waals surface area contributed by atoms with Crippen LogP contribution in [0.4, 0.5) is 0 Å². The number of amides is 2. The molecule has 2 amide bonds. The van der Waals surface area contributed by atoms with Crippen LogP contribution >= 0.6 is 11.6 Å². The Morgan fingerprint density at radius 1 is 1.10 bits per heavy atom. The summed E-state index contributed by atoms with van der Waals surface area (Å²) < 4.78 is 10.4. The Balaban J connectivity index is 1.38. The van der Waals surface area contributed by atoms with E-state index in [-0.39, 0.29) is 37.3 Å². The standard InChI is InChI=1S/C20H19ClN4O4/c1-13-5-7-16(8-6-13)28-12-17(26)22-9-10-23-19(27)20-24-18(25-29-20)14-3-2-4-15(21)11-14/h2-8,11H,9-10,12H2,1H3,(H,22,26)(H,23,27). The van der Waals surface area contributed by atoms with Gasteiger partial charge in [-0.3, -0.25) is 9.59 Å². The fourth-order valence-electron chi connectivity index (χ4n) is 2.35. The number of hydrogen-bond donors (Lipinski definition) is 2. The first-order valence-electron chi connectivity index (χ1n) is 8.85. The molecule has 2 N–H and O–H groups in total. The van der Waals surface area contributed by atoms with Crippen LogP contribution in [0.15, 0.2) is 53.1 Å². The molecule has 0 aliphatic rings. The molecule has 8 nitrogen and oxygen atoms in total. The quantitative estimate of drug-likeness (QED) is 0.549. The Morgan fingerprint density at radius 2 is 1.86 bits per heavy atom. The van der Waals surface area contributed by atoms with Crippen LogP contribution in [-0.4, -0.2) is 41.7 Å². The number of ether oxygens (including phenoxy) is 1. The Kier molecular flexibility index (Phi) is 6.80. The maximum atomic E-state index is 12.1. The SMILES string of the molecule is Cc1ccc(OCC(=O)NCCNC(=O)c2nc(-c3cccc(Cl)c3)no2)cc1. The number of aryl methyl sites for hydroxylation is 1. The molecule has 29 heavy (non-hydrogen) atoms. The monoisotopic (exact) mass is 414 g/mol. The van der Waals surface area contributed by atoms with Crippen LogP contribution in [0.1, 0.15) is 16.2 Å². The zero-order valence-electron chi connectivity index (χ0n) is 15.6. The van der Waals surface area contributed by atoms with Crippen molar-refractivity contribution in [3.8, 4) is 17.1 Å². The first-order valence-corrected chi connectivity index (χ1v) is 9.23. The minimum absolute atomic E-state index is 0.107. The fourth-order valence-corrected chi connectivity index (χ4v) is 2.54. The number of benzene rings is 2. The minimum Gasteiger partial charge on any atom is -0.484 e. The average molecular weight is 415 g/mol. The summed E-state index contributed by atoms with van der Waals surface area (Å²) in [6, 6.07) is 14.3. The van der Waals surface area contributed by atoms with Crippen molar-refractivity contribution in [3.05, 3.63) is 65.0 Å². The van der Waals surface area contributed by atoms with Gasteiger partial charge in [0.05, 0.1) is 0 Å². The van der Waals surface area contributed by atoms with Gasteiger partial charge in [-0.25, -0.2) is 0 Å². The molecule has 0 aliphatic heterocycles. The highest BCUT2D eigenvalue weighted by Gasteiger charge is 2.16. The Bertz CT molecular complexity index is 988. The van der Waals surface area contributed by atoms with Gasteiger partial charge in [0.2, 0.25) is 5.82 Å².